The average Bonchev–Trinajstić information content (AvgIpc) is 3.81. The molecule has 0 aliphatic heterocycles. The Labute approximate surface area is 307 Å². The van der Waals surface area contributed by atoms with Crippen molar-refractivity contribution in [2.24, 2.45) is 0 Å². The number of nitrogens with zero attached hydrogens (tertiary/aromatic N) is 3. The molecule has 0 fully saturated rings. The van der Waals surface area contributed by atoms with Crippen LogP contribution in [0.3, 0.4) is 0 Å². The molecule has 0 atom stereocenters. The molecule has 2 heterocycles. The summed E-state index contributed by atoms with van der Waals surface area (Å²) in [7, 11) is 0. The van der Waals surface area contributed by atoms with Crippen LogP contribution in [0.2, 0.25) is 0 Å². The van der Waals surface area contributed by atoms with Gasteiger partial charge in [-0.1, -0.05) is 115 Å². The van der Waals surface area contributed by atoms with Crippen molar-refractivity contribution in [3.63, 3.8) is 0 Å². The lowest BCUT2D eigenvalue weighted by Crippen LogP contribution is -2.09. The fraction of sp³-hybridized carbons (Fsp3) is 0. The molecule has 3 nitrogen and oxygen atoms in total. The maximum atomic E-state index is 8.97. The average molecular weight is 660 g/mol. The summed E-state index contributed by atoms with van der Waals surface area (Å²) in [4.78, 5) is 2.23. The van der Waals surface area contributed by atoms with Gasteiger partial charge in [-0.25, -0.2) is 0 Å². The van der Waals surface area contributed by atoms with E-state index >= 15 is 0 Å². The van der Waals surface area contributed by atoms with Crippen LogP contribution in [0.5, 0.6) is 0 Å². The smallest absolute Gasteiger partial charge is 0.0645 e. The second-order valence-electron chi connectivity index (χ2n) is 12.4. The second kappa shape index (κ2) is 11.9. The Bertz CT molecular complexity index is 3190. The predicted octanol–water partition coefficient (Wildman–Crippen LogP) is 13.0. The number of anilines is 3. The fourth-order valence-electron chi connectivity index (χ4n) is 7.29. The van der Waals surface area contributed by atoms with Gasteiger partial charge < -0.3 is 14.0 Å². The molecule has 10 rings (SSSR count). The highest BCUT2D eigenvalue weighted by molar-refractivity contribution is 6.11. The Morgan fingerprint density at radius 3 is 1.51 bits per heavy atom. The van der Waals surface area contributed by atoms with E-state index < -0.39 is 24.2 Å². The molecule has 0 radical (unpaired) electrons. The quantitative estimate of drug-likeness (QED) is 0.173. The summed E-state index contributed by atoms with van der Waals surface area (Å²) < 4.78 is 73.2. The predicted molar refractivity (Wildman–Crippen MR) is 215 cm³/mol. The van der Waals surface area contributed by atoms with Crippen molar-refractivity contribution < 1.29 is 11.0 Å². The number of hydrogen-bond donors (Lipinski definition) is 0. The lowest BCUT2D eigenvalue weighted by molar-refractivity contribution is 1.13. The van der Waals surface area contributed by atoms with E-state index in [9.17, 15) is 0 Å². The lowest BCUT2D eigenvalue weighted by atomic mass is 10.0. The largest absolute Gasteiger partial charge is 0.311 e. The zero-order chi connectivity index (χ0) is 40.7. The third kappa shape index (κ3) is 4.82. The Hall–Kier alpha value is -6.84. The van der Waals surface area contributed by atoms with Crippen molar-refractivity contribution in [3.05, 3.63) is 200 Å². The van der Waals surface area contributed by atoms with Crippen LogP contribution in [0, 0.1) is 0 Å². The van der Waals surface area contributed by atoms with E-state index in [2.05, 4.69) is 88.3 Å². The summed E-state index contributed by atoms with van der Waals surface area (Å²) >= 11 is 0. The standard InChI is InChI=1S/C48H33N3/c1-3-14-36(15-4-1)49(37-16-5-2-6-17-37)38-29-26-34(27-30-38)35-28-31-48-44(32-35)43-22-9-12-25-47(43)51(48)40-19-13-18-39(33-40)50-45-23-10-7-20-41(45)42-21-8-11-24-46(42)50/h1-33H/i7D,8D,10D,11D,20D,21D,23D,24D. The molecule has 8 aromatic carbocycles. The van der Waals surface area contributed by atoms with Gasteiger partial charge in [-0.3, -0.25) is 0 Å². The van der Waals surface area contributed by atoms with Gasteiger partial charge in [0.1, 0.15) is 0 Å². The van der Waals surface area contributed by atoms with Crippen molar-refractivity contribution in [2.75, 3.05) is 4.90 Å². The van der Waals surface area contributed by atoms with Gasteiger partial charge in [0, 0.05) is 50.0 Å². The van der Waals surface area contributed by atoms with Gasteiger partial charge in [-0.05, 0) is 96.0 Å². The summed E-state index contributed by atoms with van der Waals surface area (Å²) in [5, 5.41) is 2.19. The molecule has 0 aliphatic rings. The van der Waals surface area contributed by atoms with Crippen LogP contribution < -0.4 is 4.90 Å². The zero-order valence-electron chi connectivity index (χ0n) is 35.3. The normalized spacial score (nSPS) is 13.7. The minimum atomic E-state index is -0.468. The molecule has 0 unspecified atom stereocenters. The summed E-state index contributed by atoms with van der Waals surface area (Å²) in [5.74, 6) is 0. The lowest BCUT2D eigenvalue weighted by Gasteiger charge is -2.25. The van der Waals surface area contributed by atoms with Crippen LogP contribution in [-0.4, -0.2) is 9.13 Å². The fourth-order valence-corrected chi connectivity index (χ4v) is 7.29. The molecule has 2 aromatic heterocycles. The molecule has 3 heteroatoms. The van der Waals surface area contributed by atoms with Crippen molar-refractivity contribution >= 4 is 60.7 Å². The van der Waals surface area contributed by atoms with Crippen LogP contribution >= 0.6 is 0 Å². The van der Waals surface area contributed by atoms with Gasteiger partial charge in [0.2, 0.25) is 0 Å². The molecule has 0 saturated heterocycles. The first-order chi connectivity index (χ1) is 28.6. The van der Waals surface area contributed by atoms with E-state index in [1.54, 1.807) is 10.6 Å². The molecule has 0 saturated carbocycles. The van der Waals surface area contributed by atoms with Crippen molar-refractivity contribution in [1.29, 1.82) is 0 Å². The highest BCUT2D eigenvalue weighted by Gasteiger charge is 2.17. The van der Waals surface area contributed by atoms with Crippen molar-refractivity contribution in [3.8, 4) is 22.5 Å². The first kappa shape index (κ1) is 22.0. The minimum Gasteiger partial charge on any atom is -0.311 e. The van der Waals surface area contributed by atoms with Gasteiger partial charge in [0.15, 0.2) is 0 Å². The van der Waals surface area contributed by atoms with Gasteiger partial charge in [-0.15, -0.1) is 0 Å². The number of hydrogen-bond acceptors (Lipinski definition) is 1. The van der Waals surface area contributed by atoms with Crippen LogP contribution in [0.4, 0.5) is 17.1 Å². The SMILES string of the molecule is [2H]c1c([2H])c([2H])c2c(c1[2H])c1c([2H])c([2H])c([2H])c([2H])c1n2-c1cccc(-n2c3ccccc3c3cc(-c4ccc(N(c5ccccc5)c5ccccc5)cc4)ccc32)c1. The Balaban J connectivity index is 1.13. The Morgan fingerprint density at radius 1 is 0.353 bits per heavy atom. The third-order valence-electron chi connectivity index (χ3n) is 9.54. The van der Waals surface area contributed by atoms with Crippen LogP contribution in [-0.2, 0) is 0 Å². The van der Waals surface area contributed by atoms with E-state index in [1.165, 1.54) is 0 Å². The Kier molecular flexibility index (Phi) is 5.15. The zero-order valence-corrected chi connectivity index (χ0v) is 27.3. The molecule has 0 N–H and O–H groups in total. The number of benzene rings is 8. The maximum absolute atomic E-state index is 8.97. The van der Waals surface area contributed by atoms with E-state index in [0.717, 1.165) is 55.7 Å². The summed E-state index contributed by atoms with van der Waals surface area (Å²) in [5.41, 5.74) is 8.63. The minimum absolute atomic E-state index is 0.0497. The van der Waals surface area contributed by atoms with Crippen LogP contribution in [0.1, 0.15) is 11.0 Å². The van der Waals surface area contributed by atoms with E-state index in [0.29, 0.717) is 5.69 Å². The first-order valence-electron chi connectivity index (χ1n) is 20.8. The van der Waals surface area contributed by atoms with E-state index in [4.69, 9.17) is 11.0 Å². The molecule has 51 heavy (non-hydrogen) atoms. The number of para-hydroxylation sites is 5. The summed E-state index contributed by atoms with van der Waals surface area (Å²) in [6.45, 7) is 0. The van der Waals surface area contributed by atoms with E-state index in [-0.39, 0.29) is 46.0 Å². The van der Waals surface area contributed by atoms with Crippen LogP contribution in [0.15, 0.2) is 200 Å². The number of aromatic nitrogens is 2. The maximum Gasteiger partial charge on any atom is 0.0645 e. The number of fused-ring (bicyclic) bond motifs is 6. The molecule has 0 aliphatic carbocycles. The summed E-state index contributed by atoms with van der Waals surface area (Å²) in [6.07, 6.45) is 0. The molecule has 0 bridgehead atoms. The number of rotatable bonds is 6. The topological polar surface area (TPSA) is 13.1 Å². The molecule has 0 amide bonds. The highest BCUT2D eigenvalue weighted by Crippen LogP contribution is 2.39. The van der Waals surface area contributed by atoms with Crippen LogP contribution in [0.25, 0.3) is 66.1 Å². The molecular weight excluding hydrogens is 619 g/mol. The van der Waals surface area contributed by atoms with Gasteiger partial charge in [0.05, 0.1) is 33.0 Å². The van der Waals surface area contributed by atoms with Crippen molar-refractivity contribution in [1.82, 2.24) is 9.13 Å². The second-order valence-corrected chi connectivity index (χ2v) is 12.4. The van der Waals surface area contributed by atoms with Gasteiger partial charge in [0.25, 0.3) is 0 Å². The van der Waals surface area contributed by atoms with Crippen molar-refractivity contribution in [2.45, 2.75) is 0 Å². The Morgan fingerprint density at radius 2 is 0.863 bits per heavy atom. The third-order valence-corrected chi connectivity index (χ3v) is 9.54. The molecule has 10 aromatic rings. The molecule has 240 valence electrons. The first-order valence-corrected chi connectivity index (χ1v) is 16.8. The van der Waals surface area contributed by atoms with Gasteiger partial charge in [-0.2, -0.15) is 0 Å². The monoisotopic (exact) mass is 659 g/mol. The summed E-state index contributed by atoms with van der Waals surface area (Å²) in [6, 6.07) is 48.1. The highest BCUT2D eigenvalue weighted by atomic mass is 15.1. The molecular formula is C48H33N3. The van der Waals surface area contributed by atoms with E-state index in [1.807, 2.05) is 66.7 Å². The van der Waals surface area contributed by atoms with Gasteiger partial charge >= 0.3 is 0 Å². The molecule has 0 spiro atoms.